The number of carbonyl (C=O) groups excluding carboxylic acids is 1. The monoisotopic (exact) mass is 388 g/mol. The Bertz CT molecular complexity index is 778. The first-order chi connectivity index (χ1) is 13.7. The zero-order valence-electron chi connectivity index (χ0n) is 15.8. The molecule has 28 heavy (non-hydrogen) atoms. The van der Waals surface area contributed by atoms with Gasteiger partial charge in [-0.2, -0.15) is 0 Å². The molecule has 0 heterocycles. The predicted octanol–water partition coefficient (Wildman–Crippen LogP) is 3.55. The Morgan fingerprint density at radius 2 is 1.89 bits per heavy atom. The first-order valence-corrected chi connectivity index (χ1v) is 8.99. The summed E-state index contributed by atoms with van der Waals surface area (Å²) in [5.74, 6) is 0.913. The van der Waals surface area contributed by atoms with Crippen molar-refractivity contribution in [2.24, 2.45) is 5.73 Å². The van der Waals surface area contributed by atoms with Crippen molar-refractivity contribution in [3.05, 3.63) is 66.0 Å². The molecule has 0 atom stereocenters. The number of halogens is 1. The molecule has 1 amide bonds. The Morgan fingerprint density at radius 3 is 2.57 bits per heavy atom. The smallest absolute Gasteiger partial charge is 0.255 e. The van der Waals surface area contributed by atoms with E-state index in [0.717, 1.165) is 0 Å². The van der Waals surface area contributed by atoms with Crippen LogP contribution in [-0.2, 0) is 4.74 Å². The summed E-state index contributed by atoms with van der Waals surface area (Å²) in [6, 6.07) is 13.7. The maximum absolute atomic E-state index is 12.5. The number of anilines is 1. The molecule has 0 saturated carbocycles. The molecule has 2 rings (SSSR count). The SMILES string of the molecule is CCOCCOc1cccc(NC(=O)c2ccc(OC/C(=C/F)CN)cc2)c1. The number of nitrogens with one attached hydrogen (secondary N) is 1. The Kier molecular flexibility index (Phi) is 8.97. The van der Waals surface area contributed by atoms with Crippen molar-refractivity contribution in [3.8, 4) is 11.5 Å². The van der Waals surface area contributed by atoms with Gasteiger partial charge in [-0.25, -0.2) is 4.39 Å². The van der Waals surface area contributed by atoms with Crippen molar-refractivity contribution in [1.82, 2.24) is 0 Å². The fourth-order valence-electron chi connectivity index (χ4n) is 2.24. The molecule has 7 heteroatoms. The van der Waals surface area contributed by atoms with Crippen LogP contribution < -0.4 is 20.5 Å². The Labute approximate surface area is 164 Å². The van der Waals surface area contributed by atoms with Gasteiger partial charge in [0, 0.05) is 36.0 Å². The van der Waals surface area contributed by atoms with Crippen LogP contribution in [0, 0.1) is 0 Å². The lowest BCUT2D eigenvalue weighted by Crippen LogP contribution is -2.13. The van der Waals surface area contributed by atoms with E-state index in [9.17, 15) is 9.18 Å². The molecule has 0 unspecified atom stereocenters. The van der Waals surface area contributed by atoms with Gasteiger partial charge in [-0.3, -0.25) is 4.79 Å². The largest absolute Gasteiger partial charge is 0.491 e. The fourth-order valence-corrected chi connectivity index (χ4v) is 2.24. The topological polar surface area (TPSA) is 82.8 Å². The van der Waals surface area contributed by atoms with Gasteiger partial charge >= 0.3 is 0 Å². The van der Waals surface area contributed by atoms with Crippen molar-refractivity contribution >= 4 is 11.6 Å². The van der Waals surface area contributed by atoms with Gasteiger partial charge in [0.25, 0.3) is 5.91 Å². The highest BCUT2D eigenvalue weighted by Crippen LogP contribution is 2.19. The fraction of sp³-hybridized carbons (Fsp3) is 0.286. The Balaban J connectivity index is 1.90. The van der Waals surface area contributed by atoms with Crippen LogP contribution >= 0.6 is 0 Å². The Morgan fingerprint density at radius 1 is 1.11 bits per heavy atom. The summed E-state index contributed by atoms with van der Waals surface area (Å²) in [5, 5.41) is 2.82. The molecule has 2 aromatic carbocycles. The van der Waals surface area contributed by atoms with E-state index in [1.807, 2.05) is 13.0 Å². The van der Waals surface area contributed by atoms with E-state index in [1.54, 1.807) is 42.5 Å². The van der Waals surface area contributed by atoms with E-state index in [0.29, 0.717) is 54.5 Å². The molecule has 0 aliphatic rings. The second kappa shape index (κ2) is 11.7. The standard InChI is InChI=1S/C21H25FN2O4/c1-2-26-10-11-27-20-5-3-4-18(12-20)24-21(25)17-6-8-19(9-7-17)28-15-16(13-22)14-23/h3-9,12-13H,2,10-11,14-15,23H2,1H3,(H,24,25)/b16-13+. The molecule has 0 fully saturated rings. The number of ether oxygens (including phenoxy) is 3. The van der Waals surface area contributed by atoms with Crippen LogP contribution in [-0.4, -0.2) is 38.9 Å². The summed E-state index contributed by atoms with van der Waals surface area (Å²) >= 11 is 0. The number of rotatable bonds is 11. The van der Waals surface area contributed by atoms with E-state index in [-0.39, 0.29) is 19.1 Å². The molecule has 3 N–H and O–H groups in total. The molecule has 0 bridgehead atoms. The number of hydrogen-bond acceptors (Lipinski definition) is 5. The highest BCUT2D eigenvalue weighted by molar-refractivity contribution is 6.04. The quantitative estimate of drug-likeness (QED) is 0.575. The minimum Gasteiger partial charge on any atom is -0.491 e. The number of nitrogens with two attached hydrogens (primary N) is 1. The van der Waals surface area contributed by atoms with E-state index < -0.39 is 0 Å². The third-order valence-electron chi connectivity index (χ3n) is 3.75. The first kappa shape index (κ1) is 21.4. The molecule has 150 valence electrons. The average Bonchev–Trinajstić information content (AvgIpc) is 2.73. The summed E-state index contributed by atoms with van der Waals surface area (Å²) in [6.07, 6.45) is 0.441. The van der Waals surface area contributed by atoms with Gasteiger partial charge in [-0.15, -0.1) is 0 Å². The van der Waals surface area contributed by atoms with Gasteiger partial charge in [0.2, 0.25) is 0 Å². The molecule has 0 aliphatic carbocycles. The van der Waals surface area contributed by atoms with Gasteiger partial charge in [0.1, 0.15) is 24.7 Å². The van der Waals surface area contributed by atoms with Crippen LogP contribution in [0.3, 0.4) is 0 Å². The highest BCUT2D eigenvalue weighted by atomic mass is 19.1. The number of hydrogen-bond donors (Lipinski definition) is 2. The van der Waals surface area contributed by atoms with Gasteiger partial charge in [0.15, 0.2) is 0 Å². The van der Waals surface area contributed by atoms with Crippen LogP contribution in [0.25, 0.3) is 0 Å². The van der Waals surface area contributed by atoms with Crippen LogP contribution in [0.15, 0.2) is 60.4 Å². The summed E-state index contributed by atoms with van der Waals surface area (Å²) in [6.45, 7) is 3.67. The summed E-state index contributed by atoms with van der Waals surface area (Å²) in [4.78, 5) is 12.4. The summed E-state index contributed by atoms with van der Waals surface area (Å²) in [5.41, 5.74) is 6.82. The third kappa shape index (κ3) is 7.02. The number of carbonyl (C=O) groups is 1. The summed E-state index contributed by atoms with van der Waals surface area (Å²) in [7, 11) is 0. The van der Waals surface area contributed by atoms with Crippen molar-refractivity contribution < 1.29 is 23.4 Å². The lowest BCUT2D eigenvalue weighted by Gasteiger charge is -2.10. The van der Waals surface area contributed by atoms with Crippen molar-refractivity contribution in [1.29, 1.82) is 0 Å². The molecular formula is C21H25FN2O4. The molecule has 0 saturated heterocycles. The highest BCUT2D eigenvalue weighted by Gasteiger charge is 2.07. The second-order valence-corrected chi connectivity index (χ2v) is 5.81. The minimum atomic E-state index is -0.260. The van der Waals surface area contributed by atoms with Crippen LogP contribution in [0.2, 0.25) is 0 Å². The van der Waals surface area contributed by atoms with Crippen molar-refractivity contribution in [2.45, 2.75) is 6.92 Å². The normalized spacial score (nSPS) is 11.2. The molecule has 0 aliphatic heterocycles. The predicted molar refractivity (Wildman–Crippen MR) is 107 cm³/mol. The van der Waals surface area contributed by atoms with Crippen molar-refractivity contribution in [3.63, 3.8) is 0 Å². The van der Waals surface area contributed by atoms with Gasteiger partial charge in [0.05, 0.1) is 12.9 Å². The van der Waals surface area contributed by atoms with E-state index in [2.05, 4.69) is 5.32 Å². The zero-order chi connectivity index (χ0) is 20.2. The second-order valence-electron chi connectivity index (χ2n) is 5.81. The van der Waals surface area contributed by atoms with E-state index in [1.165, 1.54) is 0 Å². The maximum Gasteiger partial charge on any atom is 0.255 e. The minimum absolute atomic E-state index is 0.0641. The number of benzene rings is 2. The Hall–Kier alpha value is -2.90. The molecule has 0 aromatic heterocycles. The lowest BCUT2D eigenvalue weighted by molar-refractivity contribution is 0.102. The number of amides is 1. The maximum atomic E-state index is 12.5. The van der Waals surface area contributed by atoms with Crippen LogP contribution in [0.1, 0.15) is 17.3 Å². The van der Waals surface area contributed by atoms with Crippen LogP contribution in [0.4, 0.5) is 10.1 Å². The molecule has 6 nitrogen and oxygen atoms in total. The molecule has 0 spiro atoms. The first-order valence-electron chi connectivity index (χ1n) is 8.99. The van der Waals surface area contributed by atoms with E-state index in [4.69, 9.17) is 19.9 Å². The zero-order valence-corrected chi connectivity index (χ0v) is 15.8. The molecular weight excluding hydrogens is 363 g/mol. The average molecular weight is 388 g/mol. The van der Waals surface area contributed by atoms with Gasteiger partial charge in [-0.1, -0.05) is 6.07 Å². The third-order valence-corrected chi connectivity index (χ3v) is 3.75. The van der Waals surface area contributed by atoms with E-state index >= 15 is 0 Å². The van der Waals surface area contributed by atoms with Crippen LogP contribution in [0.5, 0.6) is 11.5 Å². The molecule has 0 radical (unpaired) electrons. The summed E-state index contributed by atoms with van der Waals surface area (Å²) < 4.78 is 28.7. The lowest BCUT2D eigenvalue weighted by atomic mass is 10.2. The van der Waals surface area contributed by atoms with Crippen molar-refractivity contribution in [2.75, 3.05) is 38.3 Å². The van der Waals surface area contributed by atoms with Gasteiger partial charge in [-0.05, 0) is 43.3 Å². The van der Waals surface area contributed by atoms with Gasteiger partial charge < -0.3 is 25.3 Å². The molecule has 2 aromatic rings.